The fraction of sp³-hybridized carbons (Fsp3) is 0.314. The van der Waals surface area contributed by atoms with Crippen molar-refractivity contribution in [3.63, 3.8) is 0 Å². The molecule has 4 aromatic carbocycles. The Morgan fingerprint density at radius 1 is 0.708 bits per heavy atom. The van der Waals surface area contributed by atoms with Gasteiger partial charge in [-0.3, -0.25) is 0 Å². The molecule has 256 valence electrons. The van der Waals surface area contributed by atoms with Gasteiger partial charge in [0.05, 0.1) is 13.2 Å². The van der Waals surface area contributed by atoms with Crippen LogP contribution in [0.25, 0.3) is 22.3 Å². The molecular formula is C35H29F9O4. The number of alkyl halides is 2. The van der Waals surface area contributed by atoms with Gasteiger partial charge >= 0.3 is 12.1 Å². The SMILES string of the molecule is CCCCCC1(C)COC(O)(c2ccc(-c3ccc(-c4cc(F)c(C(F)(F)Oc5cc(F)c(F)c(F)c5)c(F)c4)c(F)c3)c(F)c2)OC1. The normalized spacial score (nSPS) is 19.8. The Balaban J connectivity index is 1.35. The molecule has 1 heterocycles. The van der Waals surface area contributed by atoms with Crippen LogP contribution < -0.4 is 4.74 Å². The van der Waals surface area contributed by atoms with Crippen LogP contribution in [0.3, 0.4) is 0 Å². The molecule has 4 nitrogen and oxygen atoms in total. The zero-order chi connectivity index (χ0) is 35.0. The van der Waals surface area contributed by atoms with E-state index < -0.39 is 75.2 Å². The molecule has 0 atom stereocenters. The Morgan fingerprint density at radius 3 is 1.81 bits per heavy atom. The molecule has 1 fully saturated rings. The molecule has 1 N–H and O–H groups in total. The smallest absolute Gasteiger partial charge is 0.429 e. The van der Waals surface area contributed by atoms with Crippen LogP contribution in [0.2, 0.25) is 0 Å². The van der Waals surface area contributed by atoms with Crippen LogP contribution in [0.1, 0.15) is 50.7 Å². The number of halogens is 9. The number of benzene rings is 4. The molecule has 48 heavy (non-hydrogen) atoms. The van der Waals surface area contributed by atoms with E-state index >= 15 is 8.78 Å². The first-order chi connectivity index (χ1) is 22.6. The summed E-state index contributed by atoms with van der Waals surface area (Å²) in [6, 6.07) is 7.59. The fourth-order valence-electron chi connectivity index (χ4n) is 5.40. The van der Waals surface area contributed by atoms with Crippen molar-refractivity contribution in [3.8, 4) is 28.0 Å². The summed E-state index contributed by atoms with van der Waals surface area (Å²) in [5.41, 5.74) is -3.37. The minimum atomic E-state index is -4.83. The largest absolute Gasteiger partial charge is 0.432 e. The number of hydrogen-bond donors (Lipinski definition) is 1. The lowest BCUT2D eigenvalue weighted by Crippen LogP contribution is -2.46. The van der Waals surface area contributed by atoms with Gasteiger partial charge in [-0.25, -0.2) is 30.7 Å². The van der Waals surface area contributed by atoms with E-state index in [0.717, 1.165) is 43.9 Å². The third-order valence-corrected chi connectivity index (χ3v) is 8.08. The molecule has 0 aromatic heterocycles. The first kappa shape index (κ1) is 35.2. The number of aliphatic hydroxyl groups is 1. The second kappa shape index (κ2) is 13.4. The van der Waals surface area contributed by atoms with Crippen molar-refractivity contribution in [1.29, 1.82) is 0 Å². The average molecular weight is 685 g/mol. The van der Waals surface area contributed by atoms with Crippen LogP contribution in [0.5, 0.6) is 5.75 Å². The lowest BCUT2D eigenvalue weighted by Gasteiger charge is -2.42. The standard InChI is InChI=1S/C35H29F9O4/c1-3-4-5-10-33(2)17-46-35(45,47-18-33)21-7-9-23(26(37)14-21)19-6-8-24(25(36)11-19)20-12-27(38)31(28(39)13-20)34(43,44)48-22-15-29(40)32(42)30(41)16-22/h6-9,11-16,45H,3-5,10,17-18H2,1-2H3. The molecule has 0 amide bonds. The summed E-state index contributed by atoms with van der Waals surface area (Å²) in [7, 11) is 0. The Hall–Kier alpha value is -4.07. The number of hydrogen-bond acceptors (Lipinski definition) is 4. The summed E-state index contributed by atoms with van der Waals surface area (Å²) in [5.74, 6) is -14.9. The Bertz CT molecular complexity index is 1770. The van der Waals surface area contributed by atoms with Crippen LogP contribution in [0.15, 0.2) is 60.7 Å². The van der Waals surface area contributed by atoms with Gasteiger partial charge in [0.2, 0.25) is 0 Å². The maximum absolute atomic E-state index is 15.3. The van der Waals surface area contributed by atoms with E-state index in [1.165, 1.54) is 18.2 Å². The van der Waals surface area contributed by atoms with Crippen molar-refractivity contribution in [2.75, 3.05) is 13.2 Å². The number of rotatable bonds is 10. The van der Waals surface area contributed by atoms with Crippen molar-refractivity contribution in [3.05, 3.63) is 113 Å². The zero-order valence-corrected chi connectivity index (χ0v) is 25.6. The topological polar surface area (TPSA) is 47.9 Å². The molecule has 4 aromatic rings. The van der Waals surface area contributed by atoms with Gasteiger partial charge in [-0.05, 0) is 41.8 Å². The maximum Gasteiger partial charge on any atom is 0.432 e. The van der Waals surface area contributed by atoms with Gasteiger partial charge in [-0.15, -0.1) is 0 Å². The van der Waals surface area contributed by atoms with E-state index in [1.54, 1.807) is 0 Å². The average Bonchev–Trinajstić information content (AvgIpc) is 3.01. The number of ether oxygens (including phenoxy) is 3. The third kappa shape index (κ3) is 7.18. The molecule has 1 aliphatic rings. The zero-order valence-electron chi connectivity index (χ0n) is 25.6. The summed E-state index contributed by atoms with van der Waals surface area (Å²) in [5, 5.41) is 10.9. The van der Waals surface area contributed by atoms with Gasteiger partial charge in [-0.1, -0.05) is 57.4 Å². The van der Waals surface area contributed by atoms with Gasteiger partial charge in [-0.2, -0.15) is 8.78 Å². The third-order valence-electron chi connectivity index (χ3n) is 8.08. The lowest BCUT2D eigenvalue weighted by atomic mass is 9.85. The van der Waals surface area contributed by atoms with Gasteiger partial charge < -0.3 is 19.3 Å². The minimum absolute atomic E-state index is 0.00229. The summed E-state index contributed by atoms with van der Waals surface area (Å²) in [4.78, 5) is 0. The molecule has 13 heteroatoms. The van der Waals surface area contributed by atoms with Crippen molar-refractivity contribution in [2.45, 2.75) is 51.6 Å². The van der Waals surface area contributed by atoms with Crippen molar-refractivity contribution in [2.24, 2.45) is 5.41 Å². The first-order valence-corrected chi connectivity index (χ1v) is 14.9. The van der Waals surface area contributed by atoms with Crippen LogP contribution in [0, 0.1) is 46.1 Å². The van der Waals surface area contributed by atoms with Gasteiger partial charge in [0.25, 0.3) is 0 Å². The Morgan fingerprint density at radius 2 is 1.25 bits per heavy atom. The Labute approximate surface area is 269 Å². The van der Waals surface area contributed by atoms with Gasteiger partial charge in [0, 0.05) is 34.2 Å². The molecule has 0 aliphatic carbocycles. The highest BCUT2D eigenvalue weighted by Crippen LogP contribution is 2.41. The van der Waals surface area contributed by atoms with Crippen molar-refractivity contribution >= 4 is 0 Å². The van der Waals surface area contributed by atoms with Crippen LogP contribution in [0.4, 0.5) is 39.5 Å². The van der Waals surface area contributed by atoms with E-state index in [1.807, 2.05) is 6.92 Å². The first-order valence-electron chi connectivity index (χ1n) is 14.9. The van der Waals surface area contributed by atoms with Crippen LogP contribution >= 0.6 is 0 Å². The molecule has 0 radical (unpaired) electrons. The lowest BCUT2D eigenvalue weighted by molar-refractivity contribution is -0.415. The number of unbranched alkanes of at least 4 members (excludes halogenated alkanes) is 2. The molecule has 0 saturated carbocycles. The van der Waals surface area contributed by atoms with Crippen molar-refractivity contribution in [1.82, 2.24) is 0 Å². The highest BCUT2D eigenvalue weighted by atomic mass is 19.3. The summed E-state index contributed by atoms with van der Waals surface area (Å²) >= 11 is 0. The highest BCUT2D eigenvalue weighted by Gasteiger charge is 2.43. The van der Waals surface area contributed by atoms with Gasteiger partial charge in [0.1, 0.15) is 34.6 Å². The van der Waals surface area contributed by atoms with E-state index in [4.69, 9.17) is 9.47 Å². The fourth-order valence-corrected chi connectivity index (χ4v) is 5.40. The predicted molar refractivity (Wildman–Crippen MR) is 156 cm³/mol. The molecular weight excluding hydrogens is 655 g/mol. The molecule has 0 spiro atoms. The maximum atomic E-state index is 15.3. The second-order valence-corrected chi connectivity index (χ2v) is 12.0. The minimum Gasteiger partial charge on any atom is -0.429 e. The predicted octanol–water partition coefficient (Wildman–Crippen LogP) is 9.86. The molecule has 1 aliphatic heterocycles. The van der Waals surface area contributed by atoms with Crippen molar-refractivity contribution < 1.29 is 58.8 Å². The summed E-state index contributed by atoms with van der Waals surface area (Å²) < 4.78 is 145. The quantitative estimate of drug-likeness (QED) is 0.103. The molecule has 5 rings (SSSR count). The summed E-state index contributed by atoms with van der Waals surface area (Å²) in [6.07, 6.45) is -0.972. The van der Waals surface area contributed by atoms with E-state index in [-0.39, 0.29) is 47.5 Å². The van der Waals surface area contributed by atoms with E-state index in [2.05, 4.69) is 11.7 Å². The van der Waals surface area contributed by atoms with E-state index in [9.17, 15) is 35.8 Å². The van der Waals surface area contributed by atoms with Gasteiger partial charge in [0.15, 0.2) is 17.5 Å². The molecule has 1 saturated heterocycles. The van der Waals surface area contributed by atoms with Crippen LogP contribution in [-0.2, 0) is 21.6 Å². The molecule has 0 bridgehead atoms. The second-order valence-electron chi connectivity index (χ2n) is 12.0. The summed E-state index contributed by atoms with van der Waals surface area (Å²) in [6.45, 7) is 4.39. The van der Waals surface area contributed by atoms with Crippen LogP contribution in [-0.4, -0.2) is 18.3 Å². The Kier molecular flexibility index (Phi) is 9.87. The highest BCUT2D eigenvalue weighted by molar-refractivity contribution is 5.72. The monoisotopic (exact) mass is 684 g/mol. The molecule has 0 unspecified atom stereocenters. The van der Waals surface area contributed by atoms with E-state index in [0.29, 0.717) is 12.1 Å².